The second kappa shape index (κ2) is 8.58. The molecule has 0 radical (unpaired) electrons. The number of aryl methyl sites for hydroxylation is 1. The zero-order valence-electron chi connectivity index (χ0n) is 15.0. The van der Waals surface area contributed by atoms with Gasteiger partial charge in [0.1, 0.15) is 0 Å². The van der Waals surface area contributed by atoms with Crippen molar-refractivity contribution in [1.82, 2.24) is 4.90 Å². The first-order chi connectivity index (χ1) is 11.4. The lowest BCUT2D eigenvalue weighted by atomic mass is 10.0. The van der Waals surface area contributed by atoms with Crippen LogP contribution in [0.4, 0.5) is 0 Å². The summed E-state index contributed by atoms with van der Waals surface area (Å²) in [5.74, 6) is 1.31. The summed E-state index contributed by atoms with van der Waals surface area (Å²) in [6.07, 6.45) is 4.79. The van der Waals surface area contributed by atoms with Crippen LogP contribution in [0, 0.1) is 11.3 Å². The third-order valence-corrected chi connectivity index (χ3v) is 5.78. The molecule has 3 nitrogen and oxygen atoms in total. The van der Waals surface area contributed by atoms with Gasteiger partial charge in [0, 0.05) is 29.5 Å². The molecule has 1 aliphatic heterocycles. The summed E-state index contributed by atoms with van der Waals surface area (Å²) in [4.78, 5) is 14.8. The molecule has 0 aliphatic carbocycles. The predicted molar refractivity (Wildman–Crippen MR) is 101 cm³/mol. The minimum absolute atomic E-state index is 0.245. The van der Waals surface area contributed by atoms with E-state index in [9.17, 15) is 4.79 Å². The van der Waals surface area contributed by atoms with Gasteiger partial charge in [-0.1, -0.05) is 32.9 Å². The molecule has 1 heterocycles. The maximum absolute atomic E-state index is 12.7. The topological polar surface area (TPSA) is 44.1 Å². The number of carbonyl (C=O) groups is 1. The summed E-state index contributed by atoms with van der Waals surface area (Å²) in [6.45, 7) is 7.61. The number of carbonyl (C=O) groups excluding carboxylic acids is 1. The van der Waals surface area contributed by atoms with E-state index in [1.54, 1.807) is 0 Å². The van der Waals surface area contributed by atoms with E-state index in [1.807, 2.05) is 36.0 Å². The quantitative estimate of drug-likeness (QED) is 0.795. The van der Waals surface area contributed by atoms with Gasteiger partial charge in [0.25, 0.3) is 0 Å². The van der Waals surface area contributed by atoms with E-state index in [1.165, 1.54) is 6.42 Å². The van der Waals surface area contributed by atoms with Crippen LogP contribution in [-0.4, -0.2) is 33.9 Å². The molecule has 4 heteroatoms. The summed E-state index contributed by atoms with van der Waals surface area (Å²) in [7, 11) is 0. The Morgan fingerprint density at radius 1 is 1.29 bits per heavy atom. The Morgan fingerprint density at radius 2 is 2.00 bits per heavy atom. The van der Waals surface area contributed by atoms with E-state index in [2.05, 4.69) is 31.7 Å². The van der Waals surface area contributed by atoms with Gasteiger partial charge >= 0.3 is 0 Å². The first-order valence-corrected chi connectivity index (χ1v) is 9.80. The molecule has 1 aliphatic rings. The molecule has 1 saturated heterocycles. The molecule has 1 aromatic carbocycles. The largest absolute Gasteiger partial charge is 0.339 e. The summed E-state index contributed by atoms with van der Waals surface area (Å²) in [5.41, 5.74) is 1.79. The molecule has 130 valence electrons. The van der Waals surface area contributed by atoms with Crippen LogP contribution in [0.2, 0.25) is 0 Å². The van der Waals surface area contributed by atoms with Crippen molar-refractivity contribution in [3.63, 3.8) is 0 Å². The van der Waals surface area contributed by atoms with Gasteiger partial charge < -0.3 is 4.90 Å². The standard InChI is InChI=1S/C20H28N2OS/c1-20(2,3)24-15-18-6-4-5-13-22(18)19(23)12-11-16-7-9-17(14-21)10-8-16/h7-10,18H,4-6,11-13,15H2,1-3H3/t18-/m1/s1. The summed E-state index contributed by atoms with van der Waals surface area (Å²) >= 11 is 1.96. The van der Waals surface area contributed by atoms with Crippen LogP contribution >= 0.6 is 11.8 Å². The number of nitrogens with zero attached hydrogens (tertiary/aromatic N) is 2. The molecule has 1 atom stereocenters. The molecule has 0 aromatic heterocycles. The smallest absolute Gasteiger partial charge is 0.223 e. The SMILES string of the molecule is CC(C)(C)SC[C@H]1CCCCN1C(=O)CCc1ccc(C#N)cc1. The number of rotatable bonds is 5. The number of hydrogen-bond acceptors (Lipinski definition) is 3. The fraction of sp³-hybridized carbons (Fsp3) is 0.600. The van der Waals surface area contributed by atoms with E-state index >= 15 is 0 Å². The van der Waals surface area contributed by atoms with Crippen molar-refractivity contribution in [3.8, 4) is 6.07 Å². The molecule has 0 spiro atoms. The molecule has 0 N–H and O–H groups in total. The maximum Gasteiger partial charge on any atom is 0.223 e. The van der Waals surface area contributed by atoms with Gasteiger partial charge in [-0.2, -0.15) is 17.0 Å². The highest BCUT2D eigenvalue weighted by atomic mass is 32.2. The van der Waals surface area contributed by atoms with E-state index in [-0.39, 0.29) is 10.7 Å². The van der Waals surface area contributed by atoms with Crippen molar-refractivity contribution in [2.75, 3.05) is 12.3 Å². The van der Waals surface area contributed by atoms with E-state index in [0.29, 0.717) is 18.0 Å². The first kappa shape index (κ1) is 18.9. The second-order valence-electron chi connectivity index (χ2n) is 7.47. The van der Waals surface area contributed by atoms with Gasteiger partial charge in [-0.15, -0.1) is 0 Å². The third-order valence-electron chi connectivity index (χ3n) is 4.37. The summed E-state index contributed by atoms with van der Waals surface area (Å²) in [6, 6.07) is 10.1. The summed E-state index contributed by atoms with van der Waals surface area (Å²) < 4.78 is 0.245. The average molecular weight is 345 g/mol. The third kappa shape index (κ3) is 5.87. The summed E-state index contributed by atoms with van der Waals surface area (Å²) in [5, 5.41) is 8.84. The first-order valence-electron chi connectivity index (χ1n) is 8.81. The normalized spacial score (nSPS) is 18.2. The number of nitriles is 1. The Hall–Kier alpha value is -1.47. The van der Waals surface area contributed by atoms with Crippen molar-refractivity contribution in [1.29, 1.82) is 5.26 Å². The fourth-order valence-corrected chi connectivity index (χ4v) is 4.03. The Balaban J connectivity index is 1.89. The molecule has 1 aromatic rings. The highest BCUT2D eigenvalue weighted by Gasteiger charge is 2.27. The number of benzene rings is 1. The van der Waals surface area contributed by atoms with Gasteiger partial charge in [-0.25, -0.2) is 0 Å². The zero-order chi connectivity index (χ0) is 17.6. The number of piperidine rings is 1. The molecule has 2 rings (SSSR count). The minimum atomic E-state index is 0.245. The Labute approximate surface area is 150 Å². The lowest BCUT2D eigenvalue weighted by molar-refractivity contribution is -0.134. The van der Waals surface area contributed by atoms with Crippen molar-refractivity contribution in [2.45, 2.75) is 63.7 Å². The monoisotopic (exact) mass is 344 g/mol. The molecule has 24 heavy (non-hydrogen) atoms. The van der Waals surface area contributed by atoms with Crippen molar-refractivity contribution >= 4 is 17.7 Å². The van der Waals surface area contributed by atoms with Crippen LogP contribution in [0.3, 0.4) is 0 Å². The van der Waals surface area contributed by atoms with Crippen LogP contribution < -0.4 is 0 Å². The number of hydrogen-bond donors (Lipinski definition) is 0. The van der Waals surface area contributed by atoms with Crippen molar-refractivity contribution < 1.29 is 4.79 Å². The Morgan fingerprint density at radius 3 is 2.62 bits per heavy atom. The fourth-order valence-electron chi connectivity index (χ4n) is 2.99. The number of likely N-dealkylation sites (tertiary alicyclic amines) is 1. The van der Waals surface area contributed by atoms with E-state index < -0.39 is 0 Å². The van der Waals surface area contributed by atoms with Crippen LogP contribution in [0.15, 0.2) is 24.3 Å². The van der Waals surface area contributed by atoms with Gasteiger partial charge in [0.05, 0.1) is 11.6 Å². The molecule has 1 fully saturated rings. The highest BCUT2D eigenvalue weighted by molar-refractivity contribution is 8.00. The van der Waals surface area contributed by atoms with Gasteiger partial charge in [-0.05, 0) is 43.4 Å². The van der Waals surface area contributed by atoms with Crippen LogP contribution in [0.1, 0.15) is 57.6 Å². The molecular formula is C20H28N2OS. The zero-order valence-corrected chi connectivity index (χ0v) is 15.9. The van der Waals surface area contributed by atoms with Crippen LogP contribution in [0.5, 0.6) is 0 Å². The average Bonchev–Trinajstić information content (AvgIpc) is 2.58. The maximum atomic E-state index is 12.7. The second-order valence-corrected chi connectivity index (χ2v) is 9.32. The molecule has 1 amide bonds. The van der Waals surface area contributed by atoms with Crippen molar-refractivity contribution in [2.24, 2.45) is 0 Å². The lowest BCUT2D eigenvalue weighted by Crippen LogP contribution is -2.45. The van der Waals surface area contributed by atoms with Crippen LogP contribution in [-0.2, 0) is 11.2 Å². The molecule has 0 bridgehead atoms. The predicted octanol–water partition coefficient (Wildman–Crippen LogP) is 4.40. The van der Waals surface area contributed by atoms with E-state index in [0.717, 1.165) is 37.1 Å². The molecule has 0 saturated carbocycles. The molecule has 0 unspecified atom stereocenters. The molecular weight excluding hydrogens is 316 g/mol. The Bertz CT molecular complexity index is 583. The van der Waals surface area contributed by atoms with E-state index in [4.69, 9.17) is 5.26 Å². The highest BCUT2D eigenvalue weighted by Crippen LogP contribution is 2.29. The van der Waals surface area contributed by atoms with Gasteiger partial charge in [0.2, 0.25) is 5.91 Å². The van der Waals surface area contributed by atoms with Crippen LogP contribution in [0.25, 0.3) is 0 Å². The number of thioether (sulfide) groups is 1. The lowest BCUT2D eigenvalue weighted by Gasteiger charge is -2.37. The van der Waals surface area contributed by atoms with Gasteiger partial charge in [-0.3, -0.25) is 4.79 Å². The number of amides is 1. The minimum Gasteiger partial charge on any atom is -0.339 e. The van der Waals surface area contributed by atoms with Crippen molar-refractivity contribution in [3.05, 3.63) is 35.4 Å². The Kier molecular flexibility index (Phi) is 6.74. The van der Waals surface area contributed by atoms with Gasteiger partial charge in [0.15, 0.2) is 0 Å².